The normalized spacial score (nSPS) is 15.7. The molecule has 4 nitrogen and oxygen atoms in total. The van der Waals surface area contributed by atoms with Crippen molar-refractivity contribution in [2.24, 2.45) is 0 Å². The monoisotopic (exact) mass is 311 g/mol. The lowest BCUT2D eigenvalue weighted by Gasteiger charge is -2.26. The number of hydrogen-bond acceptors (Lipinski definition) is 3. The summed E-state index contributed by atoms with van der Waals surface area (Å²) in [5.74, 6) is -0.162. The third-order valence-corrected chi connectivity index (χ3v) is 3.74. The highest BCUT2D eigenvalue weighted by Crippen LogP contribution is 2.05. The van der Waals surface area contributed by atoms with Crippen LogP contribution < -0.4 is 10.6 Å². The Morgan fingerprint density at radius 3 is 2.67 bits per heavy atom. The first kappa shape index (κ1) is 16.1. The second kappa shape index (κ2) is 8.92. The van der Waals surface area contributed by atoms with Crippen molar-refractivity contribution in [2.75, 3.05) is 45.9 Å². The van der Waals surface area contributed by atoms with Crippen LogP contribution in [0.2, 0.25) is 0 Å². The zero-order valence-electron chi connectivity index (χ0n) is 12.1. The smallest absolute Gasteiger partial charge is 0.166 e. The maximum absolute atomic E-state index is 13.4. The lowest BCUT2D eigenvalue weighted by atomic mass is 10.1. The van der Waals surface area contributed by atoms with Gasteiger partial charge in [0, 0.05) is 32.7 Å². The fraction of sp³-hybridized carbons (Fsp3) is 0.533. The second-order valence-electron chi connectivity index (χ2n) is 4.98. The largest absolute Gasteiger partial charge is 0.379 e. The Morgan fingerprint density at radius 1 is 1.19 bits per heavy atom. The molecule has 0 unspecified atom stereocenters. The fourth-order valence-corrected chi connectivity index (χ4v) is 2.43. The van der Waals surface area contributed by atoms with Crippen LogP contribution in [0.1, 0.15) is 5.56 Å². The van der Waals surface area contributed by atoms with Crippen LogP contribution in [-0.4, -0.2) is 55.9 Å². The minimum absolute atomic E-state index is 0.162. The van der Waals surface area contributed by atoms with E-state index in [2.05, 4.69) is 15.5 Å². The van der Waals surface area contributed by atoms with Gasteiger partial charge in [-0.05, 0) is 30.3 Å². The summed E-state index contributed by atoms with van der Waals surface area (Å²) >= 11 is 5.21. The average Bonchev–Trinajstić information content (AvgIpc) is 2.50. The first-order valence-electron chi connectivity index (χ1n) is 7.31. The van der Waals surface area contributed by atoms with Gasteiger partial charge in [0.1, 0.15) is 5.82 Å². The molecule has 0 amide bonds. The van der Waals surface area contributed by atoms with Gasteiger partial charge >= 0.3 is 0 Å². The van der Waals surface area contributed by atoms with E-state index in [0.717, 1.165) is 39.4 Å². The molecule has 1 aromatic carbocycles. The fourth-order valence-electron chi connectivity index (χ4n) is 2.23. The summed E-state index contributed by atoms with van der Waals surface area (Å²) in [6.45, 7) is 5.98. The van der Waals surface area contributed by atoms with E-state index in [1.54, 1.807) is 12.1 Å². The highest BCUT2D eigenvalue weighted by atomic mass is 32.1. The number of ether oxygens (including phenoxy) is 1. The molecule has 0 bridgehead atoms. The molecule has 2 rings (SSSR count). The van der Waals surface area contributed by atoms with Gasteiger partial charge in [0.25, 0.3) is 0 Å². The second-order valence-corrected chi connectivity index (χ2v) is 5.39. The van der Waals surface area contributed by atoms with E-state index in [0.29, 0.717) is 23.6 Å². The van der Waals surface area contributed by atoms with Crippen molar-refractivity contribution in [1.82, 2.24) is 15.5 Å². The molecular weight excluding hydrogens is 289 g/mol. The van der Waals surface area contributed by atoms with Crippen molar-refractivity contribution in [2.45, 2.75) is 6.42 Å². The van der Waals surface area contributed by atoms with Crippen LogP contribution in [0.5, 0.6) is 0 Å². The Hall–Kier alpha value is -1.24. The summed E-state index contributed by atoms with van der Waals surface area (Å²) in [6, 6.07) is 6.82. The molecule has 2 N–H and O–H groups in total. The number of nitrogens with zero attached hydrogens (tertiary/aromatic N) is 1. The van der Waals surface area contributed by atoms with Crippen molar-refractivity contribution in [1.29, 1.82) is 0 Å². The van der Waals surface area contributed by atoms with E-state index in [4.69, 9.17) is 17.0 Å². The summed E-state index contributed by atoms with van der Waals surface area (Å²) in [4.78, 5) is 2.35. The summed E-state index contributed by atoms with van der Waals surface area (Å²) < 4.78 is 18.7. The van der Waals surface area contributed by atoms with Gasteiger partial charge in [-0.25, -0.2) is 4.39 Å². The van der Waals surface area contributed by atoms with Gasteiger partial charge in [0.2, 0.25) is 0 Å². The molecule has 1 aliphatic rings. The van der Waals surface area contributed by atoms with E-state index in [-0.39, 0.29) is 5.82 Å². The quantitative estimate of drug-likeness (QED) is 0.771. The van der Waals surface area contributed by atoms with Gasteiger partial charge in [0.05, 0.1) is 13.2 Å². The molecule has 0 radical (unpaired) electrons. The Labute approximate surface area is 130 Å². The number of hydrogen-bond donors (Lipinski definition) is 2. The van der Waals surface area contributed by atoms with Crippen molar-refractivity contribution >= 4 is 17.3 Å². The molecule has 1 fully saturated rings. The summed E-state index contributed by atoms with van der Waals surface area (Å²) in [6.07, 6.45) is 0.623. The number of halogens is 1. The first-order valence-corrected chi connectivity index (χ1v) is 7.72. The molecule has 0 saturated carbocycles. The topological polar surface area (TPSA) is 36.5 Å². The molecular formula is C15H22FN3OS. The van der Waals surface area contributed by atoms with Crippen LogP contribution in [0.15, 0.2) is 24.3 Å². The summed E-state index contributed by atoms with van der Waals surface area (Å²) in [5, 5.41) is 6.91. The average molecular weight is 311 g/mol. The SMILES string of the molecule is Fc1ccccc1CCNC(=S)NCCN1CCOCC1. The minimum atomic E-state index is -0.162. The van der Waals surface area contributed by atoms with E-state index < -0.39 is 0 Å². The van der Waals surface area contributed by atoms with Crippen LogP contribution in [0.25, 0.3) is 0 Å². The molecule has 21 heavy (non-hydrogen) atoms. The van der Waals surface area contributed by atoms with Gasteiger partial charge in [0.15, 0.2) is 5.11 Å². The Balaban J connectivity index is 1.56. The highest BCUT2D eigenvalue weighted by molar-refractivity contribution is 7.80. The molecule has 0 aromatic heterocycles. The number of thiocarbonyl (C=S) groups is 1. The molecule has 116 valence electrons. The number of nitrogens with one attached hydrogen (secondary N) is 2. The highest BCUT2D eigenvalue weighted by Gasteiger charge is 2.09. The Bertz CT molecular complexity index is 452. The predicted octanol–water partition coefficient (Wildman–Crippen LogP) is 1.16. The maximum atomic E-state index is 13.4. The van der Waals surface area contributed by atoms with E-state index in [1.165, 1.54) is 6.07 Å². The minimum Gasteiger partial charge on any atom is -0.379 e. The number of benzene rings is 1. The van der Waals surface area contributed by atoms with Gasteiger partial charge < -0.3 is 15.4 Å². The lowest BCUT2D eigenvalue weighted by molar-refractivity contribution is 0.0389. The molecule has 1 heterocycles. The predicted molar refractivity (Wildman–Crippen MR) is 86.0 cm³/mol. The Kier molecular flexibility index (Phi) is 6.85. The summed E-state index contributed by atoms with van der Waals surface area (Å²) in [5.41, 5.74) is 0.709. The van der Waals surface area contributed by atoms with Crippen molar-refractivity contribution in [3.05, 3.63) is 35.6 Å². The molecule has 1 aliphatic heterocycles. The van der Waals surface area contributed by atoms with Crippen LogP contribution >= 0.6 is 12.2 Å². The van der Waals surface area contributed by atoms with E-state index in [1.807, 2.05) is 6.07 Å². The zero-order chi connectivity index (χ0) is 14.9. The zero-order valence-corrected chi connectivity index (χ0v) is 12.9. The van der Waals surface area contributed by atoms with Crippen LogP contribution in [0, 0.1) is 5.82 Å². The lowest BCUT2D eigenvalue weighted by Crippen LogP contribution is -2.43. The first-order chi connectivity index (χ1) is 10.3. The number of rotatable bonds is 6. The van der Waals surface area contributed by atoms with E-state index >= 15 is 0 Å². The van der Waals surface area contributed by atoms with Crippen LogP contribution in [-0.2, 0) is 11.2 Å². The van der Waals surface area contributed by atoms with Crippen molar-refractivity contribution < 1.29 is 9.13 Å². The molecule has 0 atom stereocenters. The summed E-state index contributed by atoms with van der Waals surface area (Å²) in [7, 11) is 0. The third-order valence-electron chi connectivity index (χ3n) is 3.46. The van der Waals surface area contributed by atoms with Gasteiger partial charge in [-0.1, -0.05) is 18.2 Å². The van der Waals surface area contributed by atoms with Crippen molar-refractivity contribution in [3.63, 3.8) is 0 Å². The molecule has 1 saturated heterocycles. The standard InChI is InChI=1S/C15H22FN3OS/c16-14-4-2-1-3-13(14)5-6-17-15(21)18-7-8-19-9-11-20-12-10-19/h1-4H,5-12H2,(H2,17,18,21). The Morgan fingerprint density at radius 2 is 1.90 bits per heavy atom. The van der Waals surface area contributed by atoms with Gasteiger partial charge in [-0.15, -0.1) is 0 Å². The molecule has 6 heteroatoms. The number of morpholine rings is 1. The van der Waals surface area contributed by atoms with E-state index in [9.17, 15) is 4.39 Å². The molecule has 1 aromatic rings. The third kappa shape index (κ3) is 5.95. The van der Waals surface area contributed by atoms with Crippen LogP contribution in [0.4, 0.5) is 4.39 Å². The molecule has 0 aliphatic carbocycles. The van der Waals surface area contributed by atoms with Crippen LogP contribution in [0.3, 0.4) is 0 Å². The maximum Gasteiger partial charge on any atom is 0.166 e. The van der Waals surface area contributed by atoms with Crippen molar-refractivity contribution in [3.8, 4) is 0 Å². The van der Waals surface area contributed by atoms with Gasteiger partial charge in [-0.2, -0.15) is 0 Å². The molecule has 0 spiro atoms. The van der Waals surface area contributed by atoms with Gasteiger partial charge in [-0.3, -0.25) is 4.90 Å².